The first-order valence-electron chi connectivity index (χ1n) is 9.03. The molecule has 0 fully saturated rings. The van der Waals surface area contributed by atoms with Gasteiger partial charge in [0.25, 0.3) is 0 Å². The molecule has 4 unspecified atom stereocenters. The lowest BCUT2D eigenvalue weighted by Gasteiger charge is -2.38. The zero-order valence-electron chi connectivity index (χ0n) is 14.5. The SMILES string of the molecule is NC1C(c2ccccc2)C=CC(c2ccccc2)C1c1ccc(Cl)cc1. The Morgan fingerprint density at radius 3 is 1.65 bits per heavy atom. The van der Waals surface area contributed by atoms with Crippen molar-refractivity contribution >= 4 is 11.6 Å². The Labute approximate surface area is 160 Å². The van der Waals surface area contributed by atoms with E-state index in [1.807, 2.05) is 18.2 Å². The van der Waals surface area contributed by atoms with Gasteiger partial charge in [-0.15, -0.1) is 0 Å². The smallest absolute Gasteiger partial charge is 0.0406 e. The van der Waals surface area contributed by atoms with Crippen LogP contribution in [0.1, 0.15) is 34.4 Å². The van der Waals surface area contributed by atoms with Gasteiger partial charge in [0, 0.05) is 28.8 Å². The first-order valence-corrected chi connectivity index (χ1v) is 9.41. The van der Waals surface area contributed by atoms with Crippen molar-refractivity contribution in [3.8, 4) is 0 Å². The fourth-order valence-electron chi connectivity index (χ4n) is 4.07. The maximum atomic E-state index is 6.87. The Bertz CT molecular complexity index is 871. The van der Waals surface area contributed by atoms with E-state index in [2.05, 4.69) is 78.9 Å². The van der Waals surface area contributed by atoms with Crippen LogP contribution < -0.4 is 5.73 Å². The molecule has 1 aliphatic rings. The molecular weight excluding hydrogens is 338 g/mol. The lowest BCUT2D eigenvalue weighted by molar-refractivity contribution is 0.439. The lowest BCUT2D eigenvalue weighted by atomic mass is 9.68. The van der Waals surface area contributed by atoms with Gasteiger partial charge in [0.15, 0.2) is 0 Å². The zero-order valence-corrected chi connectivity index (χ0v) is 15.3. The Morgan fingerprint density at radius 1 is 0.577 bits per heavy atom. The molecule has 0 aromatic heterocycles. The summed E-state index contributed by atoms with van der Waals surface area (Å²) in [6.45, 7) is 0. The molecule has 2 N–H and O–H groups in total. The molecular formula is C24H22ClN. The maximum Gasteiger partial charge on any atom is 0.0406 e. The Morgan fingerprint density at radius 2 is 1.08 bits per heavy atom. The minimum Gasteiger partial charge on any atom is -0.326 e. The second-order valence-corrected chi connectivity index (χ2v) is 7.35. The number of hydrogen-bond acceptors (Lipinski definition) is 1. The molecule has 0 saturated carbocycles. The van der Waals surface area contributed by atoms with E-state index in [0.29, 0.717) is 0 Å². The fraction of sp³-hybridized carbons (Fsp3) is 0.167. The molecule has 4 rings (SSSR count). The van der Waals surface area contributed by atoms with E-state index in [9.17, 15) is 0 Å². The maximum absolute atomic E-state index is 6.87. The minimum atomic E-state index is -0.00576. The largest absolute Gasteiger partial charge is 0.326 e. The van der Waals surface area contributed by atoms with Crippen molar-refractivity contribution in [2.45, 2.75) is 23.8 Å². The van der Waals surface area contributed by atoms with Gasteiger partial charge >= 0.3 is 0 Å². The molecule has 0 radical (unpaired) electrons. The number of benzene rings is 3. The van der Waals surface area contributed by atoms with E-state index < -0.39 is 0 Å². The van der Waals surface area contributed by atoms with E-state index in [-0.39, 0.29) is 23.8 Å². The average Bonchev–Trinajstić information content (AvgIpc) is 2.70. The molecule has 0 heterocycles. The Kier molecular flexibility index (Phi) is 4.92. The van der Waals surface area contributed by atoms with Gasteiger partial charge in [0.05, 0.1) is 0 Å². The number of allylic oxidation sites excluding steroid dienone is 1. The van der Waals surface area contributed by atoms with Gasteiger partial charge in [-0.25, -0.2) is 0 Å². The number of rotatable bonds is 3. The highest BCUT2D eigenvalue weighted by atomic mass is 35.5. The first kappa shape index (κ1) is 17.1. The number of nitrogens with two attached hydrogens (primary N) is 1. The second-order valence-electron chi connectivity index (χ2n) is 6.91. The van der Waals surface area contributed by atoms with Gasteiger partial charge < -0.3 is 5.73 Å². The monoisotopic (exact) mass is 359 g/mol. The molecule has 0 spiro atoms. The molecule has 4 atom stereocenters. The predicted molar refractivity (Wildman–Crippen MR) is 110 cm³/mol. The van der Waals surface area contributed by atoms with E-state index >= 15 is 0 Å². The molecule has 0 saturated heterocycles. The molecule has 26 heavy (non-hydrogen) atoms. The molecule has 3 aromatic carbocycles. The molecule has 130 valence electrons. The molecule has 3 aromatic rings. The normalized spacial score (nSPS) is 25.2. The summed E-state index contributed by atoms with van der Waals surface area (Å²) in [7, 11) is 0. The summed E-state index contributed by atoms with van der Waals surface area (Å²) in [5.74, 6) is 0.661. The van der Waals surface area contributed by atoms with Crippen LogP contribution >= 0.6 is 11.6 Å². The predicted octanol–water partition coefficient (Wildman–Crippen LogP) is 5.89. The van der Waals surface area contributed by atoms with Crippen molar-refractivity contribution in [2.24, 2.45) is 5.73 Å². The van der Waals surface area contributed by atoms with Gasteiger partial charge in [-0.3, -0.25) is 0 Å². The summed E-state index contributed by atoms with van der Waals surface area (Å²) in [5, 5.41) is 0.754. The topological polar surface area (TPSA) is 26.0 Å². The Balaban J connectivity index is 1.79. The van der Waals surface area contributed by atoms with Crippen LogP contribution in [0.15, 0.2) is 97.1 Å². The number of halogens is 1. The van der Waals surface area contributed by atoms with Gasteiger partial charge in [0.2, 0.25) is 0 Å². The van der Waals surface area contributed by atoms with Crippen LogP contribution in [0.3, 0.4) is 0 Å². The molecule has 2 heteroatoms. The first-order chi connectivity index (χ1) is 12.7. The zero-order chi connectivity index (χ0) is 17.9. The highest BCUT2D eigenvalue weighted by Crippen LogP contribution is 2.44. The van der Waals surface area contributed by atoms with E-state index in [1.54, 1.807) is 0 Å². The third-order valence-corrected chi connectivity index (χ3v) is 5.62. The quantitative estimate of drug-likeness (QED) is 0.580. The highest BCUT2D eigenvalue weighted by molar-refractivity contribution is 6.30. The molecule has 0 bridgehead atoms. The van der Waals surface area contributed by atoms with Crippen molar-refractivity contribution in [1.82, 2.24) is 0 Å². The van der Waals surface area contributed by atoms with E-state index in [4.69, 9.17) is 17.3 Å². The van der Waals surface area contributed by atoms with Crippen LogP contribution in [0.4, 0.5) is 0 Å². The standard InChI is InChI=1S/C24H22ClN/c25-20-13-11-19(12-14-20)23-21(17-7-3-1-4-8-17)15-16-22(24(23)26)18-9-5-2-6-10-18/h1-16,21-24H,26H2. The average molecular weight is 360 g/mol. The van der Waals surface area contributed by atoms with Gasteiger partial charge in [-0.05, 0) is 28.8 Å². The van der Waals surface area contributed by atoms with Crippen molar-refractivity contribution < 1.29 is 0 Å². The van der Waals surface area contributed by atoms with Crippen molar-refractivity contribution in [1.29, 1.82) is 0 Å². The summed E-state index contributed by atoms with van der Waals surface area (Å²) in [6.07, 6.45) is 4.61. The van der Waals surface area contributed by atoms with Crippen LogP contribution in [0.5, 0.6) is 0 Å². The van der Waals surface area contributed by atoms with Crippen LogP contribution in [0, 0.1) is 0 Å². The fourth-order valence-corrected chi connectivity index (χ4v) is 4.19. The lowest BCUT2D eigenvalue weighted by Crippen LogP contribution is -2.39. The van der Waals surface area contributed by atoms with Crippen LogP contribution in [-0.4, -0.2) is 6.04 Å². The second kappa shape index (κ2) is 7.49. The summed E-state index contributed by atoms with van der Waals surface area (Å²) >= 11 is 6.12. The minimum absolute atomic E-state index is 0.00576. The third kappa shape index (κ3) is 3.33. The highest BCUT2D eigenvalue weighted by Gasteiger charge is 2.36. The summed E-state index contributed by atoms with van der Waals surface area (Å²) < 4.78 is 0. The number of hydrogen-bond donors (Lipinski definition) is 1. The third-order valence-electron chi connectivity index (χ3n) is 5.37. The van der Waals surface area contributed by atoms with Gasteiger partial charge in [-0.1, -0.05) is 96.5 Å². The molecule has 1 nitrogen and oxygen atoms in total. The molecule has 0 amide bonds. The Hall–Kier alpha value is -2.35. The van der Waals surface area contributed by atoms with E-state index in [0.717, 1.165) is 5.02 Å². The van der Waals surface area contributed by atoms with Gasteiger partial charge in [0.1, 0.15) is 0 Å². The van der Waals surface area contributed by atoms with Crippen LogP contribution in [-0.2, 0) is 0 Å². The summed E-state index contributed by atoms with van der Waals surface area (Å²) in [5.41, 5.74) is 10.7. The molecule has 0 aliphatic heterocycles. The van der Waals surface area contributed by atoms with Crippen molar-refractivity contribution in [3.05, 3.63) is 119 Å². The summed E-state index contributed by atoms with van der Waals surface area (Å²) in [6, 6.07) is 29.3. The molecule has 1 aliphatic carbocycles. The summed E-state index contributed by atoms with van der Waals surface area (Å²) in [4.78, 5) is 0. The van der Waals surface area contributed by atoms with E-state index in [1.165, 1.54) is 16.7 Å². The van der Waals surface area contributed by atoms with Crippen LogP contribution in [0.25, 0.3) is 0 Å². The van der Waals surface area contributed by atoms with Gasteiger partial charge in [-0.2, -0.15) is 0 Å². The van der Waals surface area contributed by atoms with Crippen LogP contribution in [0.2, 0.25) is 5.02 Å². The van der Waals surface area contributed by atoms with Crippen molar-refractivity contribution in [2.75, 3.05) is 0 Å². The van der Waals surface area contributed by atoms with Crippen molar-refractivity contribution in [3.63, 3.8) is 0 Å².